The molecule has 0 spiro atoms. The molecule has 3 rings (SSSR count). The van der Waals surface area contributed by atoms with Crippen molar-refractivity contribution in [1.29, 1.82) is 0 Å². The Bertz CT molecular complexity index is 812. The Labute approximate surface area is 188 Å². The number of alkyl carbamates (subject to hydrolysis) is 1. The summed E-state index contributed by atoms with van der Waals surface area (Å²) in [5.74, 6) is -0.397. The molecule has 10 heteroatoms. The number of hydrogen-bond donors (Lipinski definition) is 2. The van der Waals surface area contributed by atoms with Crippen LogP contribution in [0.1, 0.15) is 46.1 Å². The van der Waals surface area contributed by atoms with Crippen molar-refractivity contribution in [1.82, 2.24) is 20.8 Å². The van der Waals surface area contributed by atoms with Crippen molar-refractivity contribution >= 4 is 18.0 Å². The van der Waals surface area contributed by atoms with Crippen LogP contribution in [0.2, 0.25) is 0 Å². The smallest absolute Gasteiger partial charge is 0.407 e. The summed E-state index contributed by atoms with van der Waals surface area (Å²) in [5.41, 5.74) is 2.76. The number of ether oxygens (including phenoxy) is 1. The molecule has 0 saturated carbocycles. The van der Waals surface area contributed by atoms with Gasteiger partial charge in [-0.15, -0.1) is 0 Å². The van der Waals surface area contributed by atoms with E-state index in [9.17, 15) is 14.4 Å². The number of piperidine rings is 1. The van der Waals surface area contributed by atoms with Gasteiger partial charge in [0.1, 0.15) is 18.2 Å². The minimum Gasteiger partial charge on any atom is -0.444 e. The minimum atomic E-state index is -0.627. The van der Waals surface area contributed by atoms with Gasteiger partial charge in [-0.2, -0.15) is 5.06 Å². The van der Waals surface area contributed by atoms with Crippen molar-refractivity contribution in [2.24, 2.45) is 0 Å². The largest absolute Gasteiger partial charge is 0.444 e. The van der Waals surface area contributed by atoms with Gasteiger partial charge in [0.15, 0.2) is 0 Å². The lowest BCUT2D eigenvalue weighted by atomic mass is 10.0. The van der Waals surface area contributed by atoms with E-state index in [1.165, 1.54) is 9.96 Å². The second-order valence-electron chi connectivity index (χ2n) is 9.09. The zero-order chi connectivity index (χ0) is 23.3. The lowest BCUT2D eigenvalue weighted by molar-refractivity contribution is -0.141. The molecule has 2 fully saturated rings. The van der Waals surface area contributed by atoms with Crippen molar-refractivity contribution in [2.45, 2.75) is 70.9 Å². The van der Waals surface area contributed by atoms with E-state index in [4.69, 9.17) is 14.4 Å². The van der Waals surface area contributed by atoms with Gasteiger partial charge in [-0.25, -0.2) is 15.1 Å². The number of nitrogens with zero attached hydrogens (tertiary/aromatic N) is 2. The van der Waals surface area contributed by atoms with Gasteiger partial charge < -0.3 is 15.0 Å². The fourth-order valence-electron chi connectivity index (χ4n) is 3.65. The summed E-state index contributed by atoms with van der Waals surface area (Å²) < 4.78 is 5.18. The molecule has 1 aromatic rings. The Morgan fingerprint density at radius 3 is 2.59 bits per heavy atom. The van der Waals surface area contributed by atoms with E-state index in [0.29, 0.717) is 26.0 Å². The van der Waals surface area contributed by atoms with Crippen LogP contribution < -0.4 is 10.8 Å². The van der Waals surface area contributed by atoms with E-state index >= 15 is 0 Å². The quantitative estimate of drug-likeness (QED) is 0.591. The molecule has 2 heterocycles. The van der Waals surface area contributed by atoms with E-state index in [-0.39, 0.29) is 24.7 Å². The molecule has 176 valence electrons. The maximum absolute atomic E-state index is 12.8. The maximum Gasteiger partial charge on any atom is 0.407 e. The molecular formula is C22H32N4O6. The fourth-order valence-corrected chi connectivity index (χ4v) is 3.65. The molecule has 0 radical (unpaired) electrons. The van der Waals surface area contributed by atoms with Crippen LogP contribution in [0.25, 0.3) is 0 Å². The second kappa shape index (κ2) is 10.2. The molecule has 32 heavy (non-hydrogen) atoms. The zero-order valence-corrected chi connectivity index (χ0v) is 19.0. The number of hydroxylamine groups is 3. The summed E-state index contributed by atoms with van der Waals surface area (Å²) in [6.07, 6.45) is 0.616. The Morgan fingerprint density at radius 1 is 1.19 bits per heavy atom. The topological polar surface area (TPSA) is 109 Å². The number of hydrogen-bond acceptors (Lipinski definition) is 6. The third-order valence-corrected chi connectivity index (χ3v) is 5.11. The number of carbonyl (C=O) groups is 3. The SMILES string of the molecule is C[C@@H](CONC(=O)[C@@H]1CCC2CN1C(=O)N2OCc1ccccc1)NC(=O)OC(C)(C)C. The number of rotatable bonds is 8. The number of carbonyl (C=O) groups excluding carboxylic acids is 3. The van der Waals surface area contributed by atoms with Gasteiger partial charge in [-0.3, -0.25) is 14.5 Å². The summed E-state index contributed by atoms with van der Waals surface area (Å²) in [5, 5.41) is 4.01. The molecule has 1 aromatic carbocycles. The first-order valence-electron chi connectivity index (χ1n) is 10.8. The molecule has 2 aliphatic rings. The van der Waals surface area contributed by atoms with E-state index in [2.05, 4.69) is 10.8 Å². The predicted octanol–water partition coefficient (Wildman–Crippen LogP) is 2.35. The standard InChI is InChI=1S/C22H32N4O6/c1-15(23-20(28)32-22(2,3)4)13-30-24-19(27)18-11-10-17-12-25(18)21(29)26(17)31-14-16-8-6-5-7-9-16/h5-9,15,17-18H,10-14H2,1-4H3,(H,23,28)(H,24,27)/t15-,17?,18-/m0/s1. The molecule has 2 saturated heterocycles. The predicted molar refractivity (Wildman–Crippen MR) is 115 cm³/mol. The summed E-state index contributed by atoms with van der Waals surface area (Å²) in [4.78, 5) is 49.7. The van der Waals surface area contributed by atoms with Crippen molar-refractivity contribution in [3.63, 3.8) is 0 Å². The molecule has 3 atom stereocenters. The Hall–Kier alpha value is -2.85. The van der Waals surface area contributed by atoms with Crippen molar-refractivity contribution in [3.05, 3.63) is 35.9 Å². The van der Waals surface area contributed by atoms with Crippen LogP contribution >= 0.6 is 0 Å². The molecular weight excluding hydrogens is 416 g/mol. The number of benzene rings is 1. The summed E-state index contributed by atoms with van der Waals surface area (Å²) >= 11 is 0. The first-order chi connectivity index (χ1) is 15.1. The van der Waals surface area contributed by atoms with E-state index in [1.54, 1.807) is 27.7 Å². The van der Waals surface area contributed by atoms with E-state index in [1.807, 2.05) is 30.3 Å². The van der Waals surface area contributed by atoms with Gasteiger partial charge >= 0.3 is 12.1 Å². The lowest BCUT2D eigenvalue weighted by Gasteiger charge is -2.29. The van der Waals surface area contributed by atoms with Gasteiger partial charge in [-0.05, 0) is 46.1 Å². The van der Waals surface area contributed by atoms with Gasteiger partial charge in [0, 0.05) is 6.54 Å². The van der Waals surface area contributed by atoms with Gasteiger partial charge in [0.05, 0.1) is 18.7 Å². The van der Waals surface area contributed by atoms with Crippen LogP contribution in [-0.2, 0) is 25.8 Å². The molecule has 2 N–H and O–H groups in total. The summed E-state index contributed by atoms with van der Waals surface area (Å²) in [7, 11) is 0. The van der Waals surface area contributed by atoms with Crippen molar-refractivity contribution in [2.75, 3.05) is 13.2 Å². The van der Waals surface area contributed by atoms with E-state index < -0.39 is 23.6 Å². The molecule has 1 unspecified atom stereocenters. The number of urea groups is 1. The number of amides is 4. The van der Waals surface area contributed by atoms with Crippen molar-refractivity contribution < 1.29 is 28.8 Å². The average Bonchev–Trinajstić information content (AvgIpc) is 2.95. The van der Waals surface area contributed by atoms with Gasteiger partial charge in [0.2, 0.25) is 0 Å². The molecule has 2 aliphatic heterocycles. The third-order valence-electron chi connectivity index (χ3n) is 5.11. The van der Waals surface area contributed by atoms with Crippen LogP contribution in [0, 0.1) is 0 Å². The first-order valence-corrected chi connectivity index (χ1v) is 10.8. The molecule has 4 amide bonds. The molecule has 10 nitrogen and oxygen atoms in total. The van der Waals surface area contributed by atoms with Crippen LogP contribution in [0.5, 0.6) is 0 Å². The highest BCUT2D eigenvalue weighted by atomic mass is 16.7. The summed E-state index contributed by atoms with van der Waals surface area (Å²) in [6.45, 7) is 7.83. The number of fused-ring (bicyclic) bond motifs is 2. The van der Waals surface area contributed by atoms with Crippen molar-refractivity contribution in [3.8, 4) is 0 Å². The maximum atomic E-state index is 12.8. The highest BCUT2D eigenvalue weighted by Crippen LogP contribution is 2.30. The van der Waals surface area contributed by atoms with Crippen LogP contribution in [0.4, 0.5) is 9.59 Å². The zero-order valence-electron chi connectivity index (χ0n) is 19.0. The van der Waals surface area contributed by atoms with Crippen LogP contribution in [0.15, 0.2) is 30.3 Å². The first kappa shape index (κ1) is 23.8. The third kappa shape index (κ3) is 6.33. The molecule has 0 aliphatic carbocycles. The van der Waals surface area contributed by atoms with Gasteiger partial charge in [-0.1, -0.05) is 30.3 Å². The summed E-state index contributed by atoms with van der Waals surface area (Å²) in [6, 6.07) is 8.21. The molecule has 2 bridgehead atoms. The minimum absolute atomic E-state index is 0.0561. The average molecular weight is 449 g/mol. The lowest BCUT2D eigenvalue weighted by Crippen LogP contribution is -2.50. The normalized spacial score (nSPS) is 21.3. The van der Waals surface area contributed by atoms with Gasteiger partial charge in [0.25, 0.3) is 5.91 Å². The van der Waals surface area contributed by atoms with E-state index in [0.717, 1.165) is 5.56 Å². The number of nitrogens with one attached hydrogen (secondary N) is 2. The highest BCUT2D eigenvalue weighted by Gasteiger charge is 2.48. The monoisotopic (exact) mass is 448 g/mol. The van der Waals surface area contributed by atoms with Crippen LogP contribution in [-0.4, -0.2) is 64.9 Å². The molecule has 0 aromatic heterocycles. The Morgan fingerprint density at radius 2 is 1.91 bits per heavy atom. The highest BCUT2D eigenvalue weighted by molar-refractivity contribution is 5.88. The van der Waals surface area contributed by atoms with Crippen LogP contribution in [0.3, 0.4) is 0 Å². The second-order valence-corrected chi connectivity index (χ2v) is 9.09. The Balaban J connectivity index is 1.43. The Kier molecular flexibility index (Phi) is 7.57. The fraction of sp³-hybridized carbons (Fsp3) is 0.591.